The largest absolute Gasteiger partial charge is 0.496 e. The van der Waals surface area contributed by atoms with E-state index in [0.29, 0.717) is 31.8 Å². The second kappa shape index (κ2) is 10.3. The van der Waals surface area contributed by atoms with Gasteiger partial charge in [-0.3, -0.25) is 9.59 Å². The topological polar surface area (TPSA) is 58.6 Å². The summed E-state index contributed by atoms with van der Waals surface area (Å²) in [4.78, 5) is 27.6. The Balaban J connectivity index is 1.48. The van der Waals surface area contributed by atoms with Gasteiger partial charge >= 0.3 is 0 Å². The van der Waals surface area contributed by atoms with Gasteiger partial charge in [0.15, 0.2) is 0 Å². The third-order valence-corrected chi connectivity index (χ3v) is 5.97. The zero-order chi connectivity index (χ0) is 23.2. The number of nitrogens with one attached hydrogen (secondary N) is 1. The van der Waals surface area contributed by atoms with Gasteiger partial charge in [-0.1, -0.05) is 54.6 Å². The molecule has 0 spiro atoms. The van der Waals surface area contributed by atoms with E-state index in [0.717, 1.165) is 22.3 Å². The van der Waals surface area contributed by atoms with Crippen LogP contribution < -0.4 is 10.1 Å². The van der Waals surface area contributed by atoms with Crippen molar-refractivity contribution in [3.8, 4) is 16.9 Å². The van der Waals surface area contributed by atoms with Gasteiger partial charge in [0.2, 0.25) is 11.8 Å². The third-order valence-electron chi connectivity index (χ3n) is 5.97. The molecule has 1 aliphatic heterocycles. The Labute approximate surface area is 193 Å². The highest BCUT2D eigenvalue weighted by Crippen LogP contribution is 2.23. The molecule has 0 radical (unpaired) electrons. The fourth-order valence-electron chi connectivity index (χ4n) is 4.21. The van der Waals surface area contributed by atoms with Gasteiger partial charge in [0.25, 0.3) is 0 Å². The number of methoxy groups -OCH3 is 1. The van der Waals surface area contributed by atoms with Crippen LogP contribution >= 0.6 is 0 Å². The monoisotopic (exact) mass is 446 g/mol. The van der Waals surface area contributed by atoms with Crippen LogP contribution in [0.1, 0.15) is 11.1 Å². The van der Waals surface area contributed by atoms with Crippen LogP contribution in [0, 0.1) is 11.7 Å². The zero-order valence-electron chi connectivity index (χ0n) is 18.6. The molecular weight excluding hydrogens is 419 g/mol. The van der Waals surface area contributed by atoms with Crippen LogP contribution in [0.15, 0.2) is 72.8 Å². The van der Waals surface area contributed by atoms with Crippen molar-refractivity contribution < 1.29 is 18.7 Å². The van der Waals surface area contributed by atoms with Gasteiger partial charge < -0.3 is 15.0 Å². The number of amides is 2. The number of hydrogen-bond acceptors (Lipinski definition) is 3. The molecule has 0 aromatic heterocycles. The SMILES string of the molecule is COc1ccccc1CC(=O)N1CCNC(=O)C(Cc2cccc(-c3ccc(F)cc3)c2)C1. The quantitative estimate of drug-likeness (QED) is 0.626. The lowest BCUT2D eigenvalue weighted by Gasteiger charge is -2.24. The smallest absolute Gasteiger partial charge is 0.227 e. The average Bonchev–Trinajstić information content (AvgIpc) is 3.01. The predicted molar refractivity (Wildman–Crippen MR) is 125 cm³/mol. The number of hydrogen-bond donors (Lipinski definition) is 1. The third kappa shape index (κ3) is 5.58. The minimum atomic E-state index is -0.349. The molecule has 170 valence electrons. The summed E-state index contributed by atoms with van der Waals surface area (Å²) in [5.41, 5.74) is 3.70. The van der Waals surface area contributed by atoms with E-state index in [-0.39, 0.29) is 30.0 Å². The molecule has 0 aliphatic carbocycles. The summed E-state index contributed by atoms with van der Waals surface area (Å²) >= 11 is 0. The van der Waals surface area contributed by atoms with Gasteiger partial charge in [0, 0.05) is 25.2 Å². The normalized spacial score (nSPS) is 16.1. The summed E-state index contributed by atoms with van der Waals surface area (Å²) in [6.07, 6.45) is 0.740. The number of halogens is 1. The number of nitrogens with zero attached hydrogens (tertiary/aromatic N) is 1. The predicted octanol–water partition coefficient (Wildman–Crippen LogP) is 3.86. The van der Waals surface area contributed by atoms with Crippen molar-refractivity contribution in [1.29, 1.82) is 0 Å². The number of para-hydroxylation sites is 1. The Hall–Kier alpha value is -3.67. The molecule has 2 amide bonds. The number of benzene rings is 3. The lowest BCUT2D eigenvalue weighted by atomic mass is 9.95. The molecule has 0 bridgehead atoms. The van der Waals surface area contributed by atoms with E-state index < -0.39 is 0 Å². The van der Waals surface area contributed by atoms with Crippen molar-refractivity contribution in [3.63, 3.8) is 0 Å². The lowest BCUT2D eigenvalue weighted by Crippen LogP contribution is -2.38. The first kappa shape index (κ1) is 22.5. The standard InChI is InChI=1S/C27H27FN2O3/c1-33-25-8-3-2-6-22(25)17-26(31)30-14-13-29-27(32)23(18-30)16-19-5-4-7-21(15-19)20-9-11-24(28)12-10-20/h2-12,15,23H,13-14,16-18H2,1H3,(H,29,32). The molecule has 1 N–H and O–H groups in total. The summed E-state index contributed by atoms with van der Waals surface area (Å²) in [6, 6.07) is 21.7. The molecule has 1 unspecified atom stereocenters. The Kier molecular flexibility index (Phi) is 7.03. The molecular formula is C27H27FN2O3. The Morgan fingerprint density at radius 2 is 1.85 bits per heavy atom. The second-order valence-corrected chi connectivity index (χ2v) is 8.23. The maximum atomic E-state index is 13.3. The van der Waals surface area contributed by atoms with E-state index in [9.17, 15) is 14.0 Å². The molecule has 6 heteroatoms. The first-order chi connectivity index (χ1) is 16.0. The zero-order valence-corrected chi connectivity index (χ0v) is 18.6. The molecule has 5 nitrogen and oxygen atoms in total. The van der Waals surface area contributed by atoms with Crippen LogP contribution in [0.4, 0.5) is 4.39 Å². The molecule has 1 saturated heterocycles. The fraction of sp³-hybridized carbons (Fsp3) is 0.259. The minimum Gasteiger partial charge on any atom is -0.496 e. The summed E-state index contributed by atoms with van der Waals surface area (Å²) in [7, 11) is 1.59. The molecule has 1 heterocycles. The van der Waals surface area contributed by atoms with E-state index in [2.05, 4.69) is 5.32 Å². The Morgan fingerprint density at radius 1 is 1.06 bits per heavy atom. The van der Waals surface area contributed by atoms with E-state index in [4.69, 9.17) is 4.74 Å². The highest BCUT2D eigenvalue weighted by atomic mass is 19.1. The van der Waals surface area contributed by atoms with Crippen molar-refractivity contribution in [1.82, 2.24) is 10.2 Å². The Morgan fingerprint density at radius 3 is 2.64 bits per heavy atom. The summed E-state index contributed by atoms with van der Waals surface area (Å²) in [6.45, 7) is 1.27. The molecule has 33 heavy (non-hydrogen) atoms. The summed E-state index contributed by atoms with van der Waals surface area (Å²) in [5.74, 6) is -0.0135. The van der Waals surface area contributed by atoms with Crippen LogP contribution in [0.2, 0.25) is 0 Å². The van der Waals surface area contributed by atoms with Crippen LogP contribution in [0.3, 0.4) is 0 Å². The molecule has 3 aromatic carbocycles. The Bertz CT molecular complexity index is 1130. The highest BCUT2D eigenvalue weighted by molar-refractivity contribution is 5.83. The van der Waals surface area contributed by atoms with Crippen molar-refractivity contribution in [3.05, 3.63) is 89.7 Å². The van der Waals surface area contributed by atoms with Crippen molar-refractivity contribution in [2.45, 2.75) is 12.8 Å². The van der Waals surface area contributed by atoms with Crippen LogP contribution in [0.25, 0.3) is 11.1 Å². The van der Waals surface area contributed by atoms with Crippen LogP contribution in [-0.4, -0.2) is 43.5 Å². The number of carbonyl (C=O) groups excluding carboxylic acids is 2. The maximum Gasteiger partial charge on any atom is 0.227 e. The minimum absolute atomic E-state index is 0.0268. The molecule has 0 saturated carbocycles. The van der Waals surface area contributed by atoms with Gasteiger partial charge in [-0.15, -0.1) is 0 Å². The molecule has 1 aliphatic rings. The summed E-state index contributed by atoms with van der Waals surface area (Å²) in [5, 5.41) is 2.94. The van der Waals surface area contributed by atoms with Gasteiger partial charge in [-0.2, -0.15) is 0 Å². The highest BCUT2D eigenvalue weighted by Gasteiger charge is 2.28. The maximum absolute atomic E-state index is 13.3. The van der Waals surface area contributed by atoms with Crippen molar-refractivity contribution >= 4 is 11.8 Å². The second-order valence-electron chi connectivity index (χ2n) is 8.23. The number of ether oxygens (including phenoxy) is 1. The van der Waals surface area contributed by atoms with Crippen LogP contribution in [-0.2, 0) is 22.4 Å². The van der Waals surface area contributed by atoms with E-state index in [1.165, 1.54) is 12.1 Å². The van der Waals surface area contributed by atoms with Gasteiger partial charge in [0.1, 0.15) is 11.6 Å². The number of rotatable bonds is 6. The molecule has 4 rings (SSSR count). The van der Waals surface area contributed by atoms with Crippen LogP contribution in [0.5, 0.6) is 5.75 Å². The molecule has 3 aromatic rings. The van der Waals surface area contributed by atoms with Crippen molar-refractivity contribution in [2.75, 3.05) is 26.7 Å². The van der Waals surface area contributed by atoms with Gasteiger partial charge in [-0.25, -0.2) is 4.39 Å². The van der Waals surface area contributed by atoms with Gasteiger partial charge in [0.05, 0.1) is 19.4 Å². The van der Waals surface area contributed by atoms with Gasteiger partial charge in [-0.05, 0) is 41.3 Å². The fourth-order valence-corrected chi connectivity index (χ4v) is 4.21. The first-order valence-corrected chi connectivity index (χ1v) is 11.1. The van der Waals surface area contributed by atoms with Crippen molar-refractivity contribution in [2.24, 2.45) is 5.92 Å². The summed E-state index contributed by atoms with van der Waals surface area (Å²) < 4.78 is 18.6. The van der Waals surface area contributed by atoms with E-state index in [1.807, 2.05) is 48.5 Å². The lowest BCUT2D eigenvalue weighted by molar-refractivity contribution is -0.131. The van der Waals surface area contributed by atoms with E-state index >= 15 is 0 Å². The first-order valence-electron chi connectivity index (χ1n) is 11.1. The molecule has 1 atom stereocenters. The molecule has 1 fully saturated rings. The van der Waals surface area contributed by atoms with E-state index in [1.54, 1.807) is 24.1 Å². The number of carbonyl (C=O) groups is 2. The average molecular weight is 447 g/mol.